The Kier molecular flexibility index (Phi) is 7.10. The second-order valence-corrected chi connectivity index (χ2v) is 7.60. The van der Waals surface area contributed by atoms with Crippen LogP contribution < -0.4 is 19.5 Å². The summed E-state index contributed by atoms with van der Waals surface area (Å²) in [4.78, 5) is 13.1. The molecule has 0 aliphatic heterocycles. The maximum absolute atomic E-state index is 13.1. The van der Waals surface area contributed by atoms with E-state index < -0.39 is 0 Å². The second kappa shape index (κ2) is 10.6. The molecule has 0 radical (unpaired) electrons. The summed E-state index contributed by atoms with van der Waals surface area (Å²) in [5.74, 6) is 1.59. The summed E-state index contributed by atoms with van der Waals surface area (Å²) in [5.41, 5.74) is 3.45. The molecule has 0 aliphatic rings. The van der Waals surface area contributed by atoms with Gasteiger partial charge in [-0.3, -0.25) is 4.79 Å². The van der Waals surface area contributed by atoms with Crippen LogP contribution in [-0.2, 0) is 6.42 Å². The fourth-order valence-corrected chi connectivity index (χ4v) is 3.69. The van der Waals surface area contributed by atoms with Crippen molar-refractivity contribution < 1.29 is 24.1 Å². The highest BCUT2D eigenvalue weighted by atomic mass is 16.5. The smallest absolute Gasteiger partial charge is 0.251 e. The number of benzene rings is 3. The van der Waals surface area contributed by atoms with Crippen LogP contribution >= 0.6 is 0 Å². The molecule has 4 rings (SSSR count). The van der Waals surface area contributed by atoms with Crippen LogP contribution in [0.5, 0.6) is 23.0 Å². The molecule has 0 atom stereocenters. The SMILES string of the molecule is COc1ccc(CCNC(=O)c2cc(-c3ccc(O)cc3OC)cc(-n3cnnn3)c2)cc1OC. The molecule has 0 unspecified atom stereocenters. The molecular formula is C25H25N5O5. The molecule has 10 nitrogen and oxygen atoms in total. The lowest BCUT2D eigenvalue weighted by Gasteiger charge is -2.13. The average molecular weight is 476 g/mol. The van der Waals surface area contributed by atoms with Crippen LogP contribution in [0.25, 0.3) is 16.8 Å². The van der Waals surface area contributed by atoms with Crippen LogP contribution in [0, 0.1) is 0 Å². The van der Waals surface area contributed by atoms with E-state index in [1.54, 1.807) is 38.5 Å². The van der Waals surface area contributed by atoms with Gasteiger partial charge in [-0.15, -0.1) is 5.10 Å². The van der Waals surface area contributed by atoms with Gasteiger partial charge in [0.15, 0.2) is 11.5 Å². The van der Waals surface area contributed by atoms with Gasteiger partial charge in [0.1, 0.15) is 17.8 Å². The quantitative estimate of drug-likeness (QED) is 0.379. The van der Waals surface area contributed by atoms with Crippen LogP contribution in [0.3, 0.4) is 0 Å². The Morgan fingerprint density at radius 3 is 2.46 bits per heavy atom. The highest BCUT2D eigenvalue weighted by Crippen LogP contribution is 2.34. The number of hydrogen-bond donors (Lipinski definition) is 2. The van der Waals surface area contributed by atoms with Crippen LogP contribution in [-0.4, -0.2) is 59.1 Å². The molecule has 0 aliphatic carbocycles. The normalized spacial score (nSPS) is 10.6. The minimum atomic E-state index is -0.251. The summed E-state index contributed by atoms with van der Waals surface area (Å²) >= 11 is 0. The minimum absolute atomic E-state index is 0.0790. The molecule has 0 saturated heterocycles. The molecule has 0 fully saturated rings. The Morgan fingerprint density at radius 1 is 0.943 bits per heavy atom. The molecule has 180 valence electrons. The van der Waals surface area contributed by atoms with Gasteiger partial charge in [0.25, 0.3) is 5.91 Å². The predicted molar refractivity (Wildman–Crippen MR) is 128 cm³/mol. The van der Waals surface area contributed by atoms with Gasteiger partial charge in [-0.1, -0.05) is 6.07 Å². The topological polar surface area (TPSA) is 121 Å². The van der Waals surface area contributed by atoms with Crippen molar-refractivity contribution >= 4 is 5.91 Å². The maximum atomic E-state index is 13.1. The van der Waals surface area contributed by atoms with Gasteiger partial charge in [0.2, 0.25) is 0 Å². The van der Waals surface area contributed by atoms with Crippen molar-refractivity contribution in [3.8, 4) is 39.8 Å². The summed E-state index contributed by atoms with van der Waals surface area (Å²) < 4.78 is 17.5. The number of nitrogens with zero attached hydrogens (tertiary/aromatic N) is 4. The number of tetrazole rings is 1. The van der Waals surface area contributed by atoms with E-state index in [1.807, 2.05) is 24.3 Å². The van der Waals surface area contributed by atoms with Gasteiger partial charge in [0, 0.05) is 23.7 Å². The number of phenolic OH excluding ortho intramolecular Hbond substituents is 1. The lowest BCUT2D eigenvalue weighted by atomic mass is 10.0. The zero-order valence-corrected chi connectivity index (χ0v) is 19.6. The van der Waals surface area contributed by atoms with E-state index in [0.717, 1.165) is 5.56 Å². The number of carbonyl (C=O) groups excluding carboxylic acids is 1. The number of hydrogen-bond acceptors (Lipinski definition) is 8. The first-order valence-electron chi connectivity index (χ1n) is 10.8. The van der Waals surface area contributed by atoms with Crippen molar-refractivity contribution in [2.24, 2.45) is 0 Å². The fraction of sp³-hybridized carbons (Fsp3) is 0.200. The molecule has 10 heteroatoms. The number of carbonyl (C=O) groups is 1. The first kappa shape index (κ1) is 23.6. The molecule has 1 aromatic heterocycles. The van der Waals surface area contributed by atoms with Crippen molar-refractivity contribution in [2.45, 2.75) is 6.42 Å². The van der Waals surface area contributed by atoms with E-state index in [2.05, 4.69) is 20.8 Å². The number of aromatic nitrogens is 4. The zero-order chi connectivity index (χ0) is 24.8. The lowest BCUT2D eigenvalue weighted by molar-refractivity contribution is 0.0954. The number of aromatic hydroxyl groups is 1. The van der Waals surface area contributed by atoms with Gasteiger partial charge in [0.05, 0.1) is 27.0 Å². The summed E-state index contributed by atoms with van der Waals surface area (Å²) in [6, 6.07) is 15.8. The average Bonchev–Trinajstić information content (AvgIpc) is 3.43. The van der Waals surface area contributed by atoms with Gasteiger partial charge in [-0.25, -0.2) is 4.68 Å². The third kappa shape index (κ3) is 5.32. The first-order valence-corrected chi connectivity index (χ1v) is 10.8. The number of nitrogens with one attached hydrogen (secondary N) is 1. The van der Waals surface area contributed by atoms with Crippen molar-refractivity contribution in [1.82, 2.24) is 25.5 Å². The fourth-order valence-electron chi connectivity index (χ4n) is 3.69. The highest BCUT2D eigenvalue weighted by molar-refractivity contribution is 5.96. The van der Waals surface area contributed by atoms with Gasteiger partial charge >= 0.3 is 0 Å². The molecule has 35 heavy (non-hydrogen) atoms. The Balaban J connectivity index is 1.58. The zero-order valence-electron chi connectivity index (χ0n) is 19.6. The summed E-state index contributed by atoms with van der Waals surface area (Å²) in [7, 11) is 4.69. The third-order valence-corrected chi connectivity index (χ3v) is 5.44. The predicted octanol–water partition coefficient (Wildman–Crippen LogP) is 3.03. The number of phenols is 1. The molecular weight excluding hydrogens is 450 g/mol. The van der Waals surface area contributed by atoms with E-state index in [9.17, 15) is 9.90 Å². The van der Waals surface area contributed by atoms with E-state index >= 15 is 0 Å². The van der Waals surface area contributed by atoms with Crippen molar-refractivity contribution in [3.05, 3.63) is 72.1 Å². The highest BCUT2D eigenvalue weighted by Gasteiger charge is 2.15. The molecule has 3 aromatic carbocycles. The number of ether oxygens (including phenoxy) is 3. The van der Waals surface area contributed by atoms with Crippen LogP contribution in [0.2, 0.25) is 0 Å². The Hall–Kier alpha value is -4.60. The second-order valence-electron chi connectivity index (χ2n) is 7.60. The Bertz CT molecular complexity index is 1320. The largest absolute Gasteiger partial charge is 0.508 e. The van der Waals surface area contributed by atoms with E-state index in [4.69, 9.17) is 14.2 Å². The van der Waals surface area contributed by atoms with Crippen LogP contribution in [0.15, 0.2) is 60.9 Å². The molecule has 2 N–H and O–H groups in total. The van der Waals surface area contributed by atoms with Gasteiger partial charge < -0.3 is 24.6 Å². The molecule has 1 heterocycles. The lowest BCUT2D eigenvalue weighted by Crippen LogP contribution is -2.26. The van der Waals surface area contributed by atoms with Gasteiger partial charge in [-0.2, -0.15) is 0 Å². The molecule has 0 saturated carbocycles. The van der Waals surface area contributed by atoms with E-state index in [1.165, 1.54) is 24.2 Å². The minimum Gasteiger partial charge on any atom is -0.508 e. The van der Waals surface area contributed by atoms with Crippen molar-refractivity contribution in [3.63, 3.8) is 0 Å². The molecule has 4 aromatic rings. The van der Waals surface area contributed by atoms with E-state index in [0.29, 0.717) is 52.6 Å². The van der Waals surface area contributed by atoms with E-state index in [-0.39, 0.29) is 11.7 Å². The standard InChI is InChI=1S/C25H25N5O5/c1-33-22-7-4-16(10-24(22)35-3)8-9-26-25(32)18-11-17(12-19(13-18)30-15-27-28-29-30)21-6-5-20(31)14-23(21)34-2/h4-7,10-15,31H,8-9H2,1-3H3,(H,26,32). The van der Waals surface area contributed by atoms with Gasteiger partial charge in [-0.05, 0) is 70.4 Å². The van der Waals surface area contributed by atoms with Crippen molar-refractivity contribution in [2.75, 3.05) is 27.9 Å². The van der Waals surface area contributed by atoms with Crippen LogP contribution in [0.1, 0.15) is 15.9 Å². The third-order valence-electron chi connectivity index (χ3n) is 5.44. The molecule has 1 amide bonds. The summed E-state index contributed by atoms with van der Waals surface area (Å²) in [6.07, 6.45) is 2.06. The monoisotopic (exact) mass is 475 g/mol. The number of rotatable bonds is 9. The summed E-state index contributed by atoms with van der Waals surface area (Å²) in [5, 5.41) is 24.1. The Morgan fingerprint density at radius 2 is 1.74 bits per heavy atom. The summed E-state index contributed by atoms with van der Waals surface area (Å²) in [6.45, 7) is 0.418. The van der Waals surface area contributed by atoms with Crippen LogP contribution in [0.4, 0.5) is 0 Å². The van der Waals surface area contributed by atoms with Crippen molar-refractivity contribution in [1.29, 1.82) is 0 Å². The molecule has 0 bridgehead atoms. The number of methoxy groups -OCH3 is 3. The Labute approximate surface area is 202 Å². The number of amides is 1. The maximum Gasteiger partial charge on any atom is 0.251 e. The molecule has 0 spiro atoms. The first-order chi connectivity index (χ1) is 17.0.